The number of hydrogen-bond donors (Lipinski definition) is 1. The van der Waals surface area contributed by atoms with Gasteiger partial charge in [-0.05, 0) is 37.2 Å². The fourth-order valence-corrected chi connectivity index (χ4v) is 2.14. The zero-order valence-corrected chi connectivity index (χ0v) is 10.2. The second-order valence-electron chi connectivity index (χ2n) is 3.98. The van der Waals surface area contributed by atoms with Gasteiger partial charge in [0, 0.05) is 23.2 Å². The van der Waals surface area contributed by atoms with E-state index in [9.17, 15) is 4.79 Å². The summed E-state index contributed by atoms with van der Waals surface area (Å²) in [6.07, 6.45) is 1.28. The molecule has 1 aromatic carbocycles. The zero-order chi connectivity index (χ0) is 12.3. The number of halogens is 1. The molecule has 0 saturated carbocycles. The van der Waals surface area contributed by atoms with Gasteiger partial charge in [0.2, 0.25) is 0 Å². The van der Waals surface area contributed by atoms with Crippen molar-refractivity contribution < 1.29 is 9.53 Å². The topological polar surface area (TPSA) is 55.6 Å². The molecule has 1 aliphatic heterocycles. The van der Waals surface area contributed by atoms with Crippen molar-refractivity contribution in [2.45, 2.75) is 18.9 Å². The Labute approximate surface area is 105 Å². The number of ether oxygens (including phenoxy) is 1. The fourth-order valence-electron chi connectivity index (χ4n) is 2.01. The number of hydrogen-bond acceptors (Lipinski definition) is 3. The van der Waals surface area contributed by atoms with Crippen molar-refractivity contribution in [1.82, 2.24) is 0 Å². The highest BCUT2D eigenvalue weighted by atomic mass is 35.5. The molecule has 1 unspecified atom stereocenters. The summed E-state index contributed by atoms with van der Waals surface area (Å²) < 4.78 is 5.06. The molecular formula is C12H15ClN2O2. The van der Waals surface area contributed by atoms with Gasteiger partial charge in [-0.2, -0.15) is 0 Å². The summed E-state index contributed by atoms with van der Waals surface area (Å²) in [7, 11) is 0. The van der Waals surface area contributed by atoms with Crippen LogP contribution in [0.3, 0.4) is 0 Å². The Morgan fingerprint density at radius 2 is 2.12 bits per heavy atom. The van der Waals surface area contributed by atoms with Crippen molar-refractivity contribution in [2.75, 3.05) is 18.1 Å². The van der Waals surface area contributed by atoms with Crippen LogP contribution in [-0.4, -0.2) is 25.3 Å². The maximum absolute atomic E-state index is 11.8. The van der Waals surface area contributed by atoms with Crippen LogP contribution in [-0.2, 0) is 4.74 Å². The number of anilines is 1. The van der Waals surface area contributed by atoms with Gasteiger partial charge in [-0.25, -0.2) is 4.79 Å². The molecule has 1 heterocycles. The summed E-state index contributed by atoms with van der Waals surface area (Å²) in [5.41, 5.74) is 6.37. The standard InChI is InChI=1S/C12H15ClN2O2/c13-9-1-3-10(4-2-9)15-11(5-7-14)6-8-17-12(15)16/h1-4,11H,5-8,14H2. The van der Waals surface area contributed by atoms with Crippen LogP contribution in [0.2, 0.25) is 5.02 Å². The van der Waals surface area contributed by atoms with Crippen LogP contribution in [0.1, 0.15) is 12.8 Å². The van der Waals surface area contributed by atoms with Gasteiger partial charge in [0.1, 0.15) is 0 Å². The molecule has 5 heteroatoms. The molecule has 92 valence electrons. The first-order valence-corrected chi connectivity index (χ1v) is 6.02. The molecule has 2 rings (SSSR count). The molecule has 0 aromatic heterocycles. The van der Waals surface area contributed by atoms with E-state index in [1.807, 2.05) is 12.1 Å². The van der Waals surface area contributed by atoms with E-state index >= 15 is 0 Å². The van der Waals surface area contributed by atoms with Crippen LogP contribution in [0.4, 0.5) is 10.5 Å². The van der Waals surface area contributed by atoms with Gasteiger partial charge in [-0.15, -0.1) is 0 Å². The molecular weight excluding hydrogens is 240 g/mol. The number of amides is 1. The predicted octanol–water partition coefficient (Wildman–Crippen LogP) is 2.40. The largest absolute Gasteiger partial charge is 0.449 e. The highest BCUT2D eigenvalue weighted by Crippen LogP contribution is 2.26. The lowest BCUT2D eigenvalue weighted by atomic mass is 10.1. The van der Waals surface area contributed by atoms with Crippen LogP contribution in [0.5, 0.6) is 0 Å². The SMILES string of the molecule is NCCC1CCOC(=O)N1c1ccc(Cl)cc1. The lowest BCUT2D eigenvalue weighted by Gasteiger charge is -2.34. The van der Waals surface area contributed by atoms with Gasteiger partial charge in [0.25, 0.3) is 0 Å². The number of nitrogens with two attached hydrogens (primary N) is 1. The number of cyclic esters (lactones) is 1. The summed E-state index contributed by atoms with van der Waals surface area (Å²) >= 11 is 5.83. The Morgan fingerprint density at radius 1 is 1.41 bits per heavy atom. The van der Waals surface area contributed by atoms with Crippen molar-refractivity contribution in [1.29, 1.82) is 0 Å². The first kappa shape index (κ1) is 12.2. The summed E-state index contributed by atoms with van der Waals surface area (Å²) in [5, 5.41) is 0.648. The third-order valence-corrected chi connectivity index (χ3v) is 3.10. The average Bonchev–Trinajstić information content (AvgIpc) is 2.32. The van der Waals surface area contributed by atoms with Crippen molar-refractivity contribution in [3.8, 4) is 0 Å². The summed E-state index contributed by atoms with van der Waals surface area (Å²) in [5.74, 6) is 0. The number of benzene rings is 1. The van der Waals surface area contributed by atoms with Gasteiger partial charge in [0.15, 0.2) is 0 Å². The predicted molar refractivity (Wildman–Crippen MR) is 67.4 cm³/mol. The Hall–Kier alpha value is -1.26. The van der Waals surface area contributed by atoms with Crippen LogP contribution in [0, 0.1) is 0 Å². The Kier molecular flexibility index (Phi) is 3.86. The molecule has 0 bridgehead atoms. The molecule has 1 amide bonds. The van der Waals surface area contributed by atoms with Gasteiger partial charge in [-0.1, -0.05) is 11.6 Å². The Morgan fingerprint density at radius 3 is 2.76 bits per heavy atom. The van der Waals surface area contributed by atoms with Crippen LogP contribution in [0.25, 0.3) is 0 Å². The van der Waals surface area contributed by atoms with E-state index in [2.05, 4.69) is 0 Å². The zero-order valence-electron chi connectivity index (χ0n) is 9.43. The normalized spacial score (nSPS) is 20.2. The molecule has 0 aliphatic carbocycles. The smallest absolute Gasteiger partial charge is 0.414 e. The number of nitrogens with zero attached hydrogens (tertiary/aromatic N) is 1. The van der Waals surface area contributed by atoms with Crippen LogP contribution < -0.4 is 10.6 Å². The van der Waals surface area contributed by atoms with Gasteiger partial charge < -0.3 is 10.5 Å². The van der Waals surface area contributed by atoms with Gasteiger partial charge in [0.05, 0.1) is 6.61 Å². The lowest BCUT2D eigenvalue weighted by molar-refractivity contribution is 0.128. The second-order valence-corrected chi connectivity index (χ2v) is 4.42. The van der Waals surface area contributed by atoms with Crippen LogP contribution in [0.15, 0.2) is 24.3 Å². The summed E-state index contributed by atoms with van der Waals surface area (Å²) in [6.45, 7) is 1.02. The molecule has 1 fully saturated rings. The van der Waals surface area contributed by atoms with E-state index in [1.165, 1.54) is 0 Å². The summed E-state index contributed by atoms with van der Waals surface area (Å²) in [6, 6.07) is 7.27. The Balaban J connectivity index is 2.24. The van der Waals surface area contributed by atoms with Crippen molar-refractivity contribution in [3.63, 3.8) is 0 Å². The molecule has 1 atom stereocenters. The average molecular weight is 255 g/mol. The van der Waals surface area contributed by atoms with Gasteiger partial charge >= 0.3 is 6.09 Å². The molecule has 0 radical (unpaired) electrons. The minimum Gasteiger partial charge on any atom is -0.449 e. The highest BCUT2D eigenvalue weighted by Gasteiger charge is 2.30. The number of carbonyl (C=O) groups excluding carboxylic acids is 1. The molecule has 17 heavy (non-hydrogen) atoms. The van der Waals surface area contributed by atoms with Crippen molar-refractivity contribution in [2.24, 2.45) is 5.73 Å². The molecule has 0 spiro atoms. The number of carbonyl (C=O) groups is 1. The first-order chi connectivity index (χ1) is 8.22. The molecule has 4 nitrogen and oxygen atoms in total. The molecule has 2 N–H and O–H groups in total. The minimum atomic E-state index is -0.308. The van der Waals surface area contributed by atoms with E-state index in [-0.39, 0.29) is 12.1 Å². The van der Waals surface area contributed by atoms with E-state index < -0.39 is 0 Å². The lowest BCUT2D eigenvalue weighted by Crippen LogP contribution is -2.46. The fraction of sp³-hybridized carbons (Fsp3) is 0.417. The van der Waals surface area contributed by atoms with E-state index in [4.69, 9.17) is 22.1 Å². The first-order valence-electron chi connectivity index (χ1n) is 5.64. The maximum atomic E-state index is 11.8. The quantitative estimate of drug-likeness (QED) is 0.901. The third-order valence-electron chi connectivity index (χ3n) is 2.84. The van der Waals surface area contributed by atoms with Crippen molar-refractivity contribution >= 4 is 23.4 Å². The molecule has 1 aromatic rings. The molecule has 1 saturated heterocycles. The maximum Gasteiger partial charge on any atom is 0.414 e. The second kappa shape index (κ2) is 5.38. The van der Waals surface area contributed by atoms with Gasteiger partial charge in [-0.3, -0.25) is 4.90 Å². The van der Waals surface area contributed by atoms with Crippen molar-refractivity contribution in [3.05, 3.63) is 29.3 Å². The van der Waals surface area contributed by atoms with E-state index in [1.54, 1.807) is 17.0 Å². The summed E-state index contributed by atoms with van der Waals surface area (Å²) in [4.78, 5) is 13.5. The molecule has 1 aliphatic rings. The van der Waals surface area contributed by atoms with Crippen LogP contribution >= 0.6 is 11.6 Å². The Bertz CT molecular complexity index is 392. The third kappa shape index (κ3) is 2.70. The van der Waals surface area contributed by atoms with E-state index in [0.717, 1.165) is 18.5 Å². The monoisotopic (exact) mass is 254 g/mol. The van der Waals surface area contributed by atoms with E-state index in [0.29, 0.717) is 18.2 Å². The number of rotatable bonds is 3. The minimum absolute atomic E-state index is 0.113. The highest BCUT2D eigenvalue weighted by molar-refractivity contribution is 6.30.